The van der Waals surface area contributed by atoms with Crippen LogP contribution in [0, 0.1) is 0 Å². The monoisotopic (exact) mass is 334 g/mol. The van der Waals surface area contributed by atoms with E-state index in [0.29, 0.717) is 0 Å². The standard InChI is InChI=1S/C18H26N2O2S/c1-12(2)16-17(13(3)4)20(14(5)6)18(19-16)23(21,22)15-10-8-7-9-11-15/h7-14H,1-6H3. The maximum Gasteiger partial charge on any atom is 0.240 e. The molecule has 0 atom stereocenters. The molecule has 1 aromatic heterocycles. The third kappa shape index (κ3) is 3.20. The zero-order chi connectivity index (χ0) is 17.4. The van der Waals surface area contributed by atoms with Gasteiger partial charge in [0, 0.05) is 11.7 Å². The molecule has 23 heavy (non-hydrogen) atoms. The summed E-state index contributed by atoms with van der Waals surface area (Å²) in [6, 6.07) is 8.57. The van der Waals surface area contributed by atoms with Crippen LogP contribution in [-0.4, -0.2) is 18.0 Å². The number of aromatic nitrogens is 2. The molecule has 0 aliphatic carbocycles. The summed E-state index contributed by atoms with van der Waals surface area (Å²) in [5.74, 6) is 0.388. The van der Waals surface area contributed by atoms with Crippen molar-refractivity contribution in [2.45, 2.75) is 69.5 Å². The number of hydrogen-bond donors (Lipinski definition) is 0. The summed E-state index contributed by atoms with van der Waals surface area (Å²) in [6.07, 6.45) is 0. The highest BCUT2D eigenvalue weighted by atomic mass is 32.2. The van der Waals surface area contributed by atoms with Gasteiger partial charge in [-0.05, 0) is 37.8 Å². The second kappa shape index (κ2) is 6.48. The van der Waals surface area contributed by atoms with Crippen molar-refractivity contribution < 1.29 is 8.42 Å². The van der Waals surface area contributed by atoms with Gasteiger partial charge in [0.2, 0.25) is 15.0 Å². The van der Waals surface area contributed by atoms with Crippen LogP contribution < -0.4 is 0 Å². The summed E-state index contributed by atoms with van der Waals surface area (Å²) in [4.78, 5) is 4.86. The largest absolute Gasteiger partial charge is 0.316 e. The molecule has 2 rings (SSSR count). The quantitative estimate of drug-likeness (QED) is 0.806. The van der Waals surface area contributed by atoms with Gasteiger partial charge in [-0.1, -0.05) is 45.9 Å². The third-order valence-corrected chi connectivity index (χ3v) is 5.51. The lowest BCUT2D eigenvalue weighted by atomic mass is 10.0. The molecule has 0 spiro atoms. The number of rotatable bonds is 5. The van der Waals surface area contributed by atoms with Gasteiger partial charge in [-0.25, -0.2) is 13.4 Å². The van der Waals surface area contributed by atoms with Gasteiger partial charge in [0.05, 0.1) is 10.6 Å². The minimum absolute atomic E-state index is 0.0286. The van der Waals surface area contributed by atoms with E-state index in [9.17, 15) is 8.42 Å². The summed E-state index contributed by atoms with van der Waals surface area (Å²) >= 11 is 0. The normalized spacial score (nSPS) is 12.6. The molecule has 0 saturated heterocycles. The van der Waals surface area contributed by atoms with Crippen LogP contribution in [0.1, 0.15) is 70.8 Å². The van der Waals surface area contributed by atoms with Crippen LogP contribution >= 0.6 is 0 Å². The summed E-state index contributed by atoms with van der Waals surface area (Å²) in [7, 11) is -3.63. The van der Waals surface area contributed by atoms with Gasteiger partial charge in [-0.2, -0.15) is 0 Å². The zero-order valence-corrected chi connectivity index (χ0v) is 15.6. The molecule has 4 nitrogen and oxygen atoms in total. The molecule has 126 valence electrons. The smallest absolute Gasteiger partial charge is 0.240 e. The van der Waals surface area contributed by atoms with E-state index in [1.165, 1.54) is 0 Å². The lowest BCUT2D eigenvalue weighted by molar-refractivity contribution is 0.495. The fraction of sp³-hybridized carbons (Fsp3) is 0.500. The Kier molecular flexibility index (Phi) is 4.99. The van der Waals surface area contributed by atoms with E-state index in [1.807, 2.05) is 24.5 Å². The Balaban J connectivity index is 2.80. The van der Waals surface area contributed by atoms with Crippen molar-refractivity contribution in [2.24, 2.45) is 0 Å². The molecule has 0 bridgehead atoms. The van der Waals surface area contributed by atoms with Gasteiger partial charge < -0.3 is 4.57 Å². The Morgan fingerprint density at radius 3 is 1.91 bits per heavy atom. The molecule has 1 heterocycles. The van der Waals surface area contributed by atoms with Crippen molar-refractivity contribution in [3.8, 4) is 0 Å². The maximum atomic E-state index is 13.1. The van der Waals surface area contributed by atoms with Crippen molar-refractivity contribution in [3.05, 3.63) is 41.7 Å². The van der Waals surface area contributed by atoms with Crippen molar-refractivity contribution >= 4 is 9.84 Å². The second-order valence-electron chi connectivity index (χ2n) is 6.75. The Morgan fingerprint density at radius 1 is 0.913 bits per heavy atom. The number of hydrogen-bond acceptors (Lipinski definition) is 3. The van der Waals surface area contributed by atoms with Gasteiger partial charge in [-0.15, -0.1) is 0 Å². The summed E-state index contributed by atoms with van der Waals surface area (Å²) in [5, 5.41) is 0.158. The Morgan fingerprint density at radius 2 is 1.48 bits per heavy atom. The van der Waals surface area contributed by atoms with Crippen LogP contribution in [-0.2, 0) is 9.84 Å². The highest BCUT2D eigenvalue weighted by Gasteiger charge is 2.31. The molecule has 0 unspecified atom stereocenters. The van der Waals surface area contributed by atoms with Crippen molar-refractivity contribution in [2.75, 3.05) is 0 Å². The molecule has 0 amide bonds. The molecule has 0 saturated carbocycles. The predicted molar refractivity (Wildman–Crippen MR) is 92.7 cm³/mol. The Hall–Kier alpha value is -1.62. The first kappa shape index (κ1) is 17.7. The van der Waals surface area contributed by atoms with E-state index in [1.54, 1.807) is 24.3 Å². The van der Waals surface area contributed by atoms with E-state index in [0.717, 1.165) is 11.4 Å². The highest BCUT2D eigenvalue weighted by molar-refractivity contribution is 7.91. The van der Waals surface area contributed by atoms with Gasteiger partial charge in [-0.3, -0.25) is 0 Å². The third-order valence-electron chi connectivity index (χ3n) is 3.85. The molecule has 0 N–H and O–H groups in total. The Labute approximate surface area is 139 Å². The number of imidazole rings is 1. The van der Waals surface area contributed by atoms with E-state index in [4.69, 9.17) is 0 Å². The lowest BCUT2D eigenvalue weighted by Gasteiger charge is -2.19. The van der Waals surface area contributed by atoms with Crippen LogP contribution in [0.5, 0.6) is 0 Å². The van der Waals surface area contributed by atoms with Gasteiger partial charge in [0.25, 0.3) is 0 Å². The molecule has 5 heteroatoms. The average Bonchev–Trinajstić information content (AvgIpc) is 2.90. The fourth-order valence-corrected chi connectivity index (χ4v) is 4.35. The second-order valence-corrected chi connectivity index (χ2v) is 8.60. The maximum absolute atomic E-state index is 13.1. The van der Waals surface area contributed by atoms with Gasteiger partial charge >= 0.3 is 0 Å². The zero-order valence-electron chi connectivity index (χ0n) is 14.7. The molecule has 0 aliphatic rings. The number of nitrogens with zero attached hydrogens (tertiary/aromatic N) is 2. The molecule has 1 aromatic carbocycles. The van der Waals surface area contributed by atoms with Crippen LogP contribution in [0.15, 0.2) is 40.4 Å². The van der Waals surface area contributed by atoms with Crippen LogP contribution in [0.3, 0.4) is 0 Å². The molecule has 0 fully saturated rings. The lowest BCUT2D eigenvalue weighted by Crippen LogP contribution is -2.16. The van der Waals surface area contributed by atoms with Crippen molar-refractivity contribution in [1.82, 2.24) is 9.55 Å². The van der Waals surface area contributed by atoms with Gasteiger partial charge in [0.15, 0.2) is 0 Å². The summed E-state index contributed by atoms with van der Waals surface area (Å²) < 4.78 is 28.1. The van der Waals surface area contributed by atoms with Crippen LogP contribution in [0.25, 0.3) is 0 Å². The van der Waals surface area contributed by atoms with Crippen molar-refractivity contribution in [1.29, 1.82) is 0 Å². The van der Waals surface area contributed by atoms with Crippen LogP contribution in [0.2, 0.25) is 0 Å². The highest BCUT2D eigenvalue weighted by Crippen LogP contribution is 2.33. The van der Waals surface area contributed by atoms with E-state index in [-0.39, 0.29) is 27.9 Å². The SMILES string of the molecule is CC(C)c1nc(S(=O)(=O)c2ccccc2)n(C(C)C)c1C(C)C. The first-order valence-electron chi connectivity index (χ1n) is 8.10. The van der Waals surface area contributed by atoms with Gasteiger partial charge in [0.1, 0.15) is 0 Å². The molecule has 0 radical (unpaired) electrons. The van der Waals surface area contributed by atoms with E-state index in [2.05, 4.69) is 32.7 Å². The molecule has 0 aliphatic heterocycles. The van der Waals surface area contributed by atoms with Crippen LogP contribution in [0.4, 0.5) is 0 Å². The Bertz CT molecular complexity index is 773. The van der Waals surface area contributed by atoms with Crippen molar-refractivity contribution in [3.63, 3.8) is 0 Å². The molecular weight excluding hydrogens is 308 g/mol. The molecule has 2 aromatic rings. The summed E-state index contributed by atoms with van der Waals surface area (Å²) in [5.41, 5.74) is 1.90. The molecular formula is C18H26N2O2S. The minimum Gasteiger partial charge on any atom is -0.316 e. The number of benzene rings is 1. The minimum atomic E-state index is -3.63. The van der Waals surface area contributed by atoms with E-state index < -0.39 is 9.84 Å². The van der Waals surface area contributed by atoms with E-state index >= 15 is 0 Å². The first-order valence-corrected chi connectivity index (χ1v) is 9.58. The first-order chi connectivity index (χ1) is 10.7. The average molecular weight is 334 g/mol. The predicted octanol–water partition coefficient (Wildman–Crippen LogP) is 4.54. The fourth-order valence-electron chi connectivity index (χ4n) is 2.83. The summed E-state index contributed by atoms with van der Waals surface area (Å²) in [6.45, 7) is 12.3. The number of sulfone groups is 1. The topological polar surface area (TPSA) is 52.0 Å².